The highest BCUT2D eigenvalue weighted by atomic mass is 16.3. The van der Waals surface area contributed by atoms with E-state index in [1.165, 1.54) is 0 Å². The van der Waals surface area contributed by atoms with Gasteiger partial charge in [0.15, 0.2) is 0 Å². The number of benzene rings is 2. The minimum absolute atomic E-state index is 0.886. The second kappa shape index (κ2) is 2.36. The molecule has 0 fully saturated rings. The van der Waals surface area contributed by atoms with Crippen molar-refractivity contribution >= 4 is 21.9 Å². The van der Waals surface area contributed by atoms with Crippen LogP contribution < -0.4 is 0 Å². The molecule has 1 aromatic heterocycles. The van der Waals surface area contributed by atoms with Crippen LogP contribution in [0.15, 0.2) is 40.8 Å². The van der Waals surface area contributed by atoms with Crippen molar-refractivity contribution in [3.63, 3.8) is 0 Å². The number of rotatable bonds is 0. The van der Waals surface area contributed by atoms with Crippen molar-refractivity contribution in [1.82, 2.24) is 0 Å². The Kier molecular flexibility index (Phi) is 1.22. The number of fused-ring (bicyclic) bond motifs is 3. The molecular formula is C12H6O. The minimum Gasteiger partial charge on any atom is -0.456 e. The van der Waals surface area contributed by atoms with Crippen LogP contribution in [0.4, 0.5) is 0 Å². The average molecular weight is 166 g/mol. The van der Waals surface area contributed by atoms with Crippen LogP contribution in [0.1, 0.15) is 0 Å². The van der Waals surface area contributed by atoms with Gasteiger partial charge in [0, 0.05) is 10.8 Å². The molecule has 0 aliphatic rings. The predicted molar refractivity (Wildman–Crippen MR) is 51.4 cm³/mol. The Labute approximate surface area is 75.6 Å². The smallest absolute Gasteiger partial charge is 0.136 e. The molecule has 3 aromatic rings. The van der Waals surface area contributed by atoms with Crippen molar-refractivity contribution in [2.75, 3.05) is 0 Å². The van der Waals surface area contributed by atoms with Gasteiger partial charge in [-0.25, -0.2) is 0 Å². The van der Waals surface area contributed by atoms with E-state index in [1.54, 1.807) is 0 Å². The van der Waals surface area contributed by atoms with Crippen molar-refractivity contribution in [3.8, 4) is 0 Å². The largest absolute Gasteiger partial charge is 0.456 e. The maximum absolute atomic E-state index is 5.59. The Bertz CT molecular complexity index is 513. The normalized spacial score (nSPS) is 11.1. The summed E-state index contributed by atoms with van der Waals surface area (Å²) in [5.74, 6) is 0. The van der Waals surface area contributed by atoms with E-state index in [4.69, 9.17) is 4.42 Å². The molecule has 0 aliphatic heterocycles. The molecule has 0 aliphatic carbocycles. The summed E-state index contributed by atoms with van der Waals surface area (Å²) in [5.41, 5.74) is 1.77. The lowest BCUT2D eigenvalue weighted by Gasteiger charge is -1.84. The topological polar surface area (TPSA) is 13.1 Å². The first-order valence-electron chi connectivity index (χ1n) is 4.13. The van der Waals surface area contributed by atoms with Crippen molar-refractivity contribution in [3.05, 3.63) is 48.5 Å². The zero-order valence-corrected chi connectivity index (χ0v) is 6.87. The Morgan fingerprint density at radius 1 is 0.846 bits per heavy atom. The third-order valence-electron chi connectivity index (χ3n) is 2.16. The van der Waals surface area contributed by atoms with E-state index in [1.807, 2.05) is 36.4 Å². The van der Waals surface area contributed by atoms with Gasteiger partial charge in [0.25, 0.3) is 0 Å². The lowest BCUT2D eigenvalue weighted by atomic mass is 10.2. The van der Waals surface area contributed by atoms with Gasteiger partial charge in [-0.15, -0.1) is 0 Å². The summed E-state index contributed by atoms with van der Waals surface area (Å²) < 4.78 is 5.59. The van der Waals surface area contributed by atoms with Gasteiger partial charge in [0.05, 0.1) is 0 Å². The maximum Gasteiger partial charge on any atom is 0.136 e. The zero-order valence-electron chi connectivity index (χ0n) is 6.87. The van der Waals surface area contributed by atoms with E-state index in [2.05, 4.69) is 12.1 Å². The van der Waals surface area contributed by atoms with Gasteiger partial charge in [0.1, 0.15) is 11.2 Å². The van der Waals surface area contributed by atoms with E-state index >= 15 is 0 Å². The zero-order chi connectivity index (χ0) is 8.67. The molecule has 0 unspecified atom stereocenters. The Hall–Kier alpha value is -1.76. The number of hydrogen-bond acceptors (Lipinski definition) is 1. The first-order valence-corrected chi connectivity index (χ1v) is 4.13. The van der Waals surface area contributed by atoms with Crippen molar-refractivity contribution < 1.29 is 4.42 Å². The molecule has 2 aromatic carbocycles. The van der Waals surface area contributed by atoms with Crippen LogP contribution in [0.25, 0.3) is 21.9 Å². The number of hydrogen-bond donors (Lipinski definition) is 0. The highest BCUT2D eigenvalue weighted by Gasteiger charge is 2.03. The van der Waals surface area contributed by atoms with Gasteiger partial charge in [0.2, 0.25) is 0 Å². The summed E-state index contributed by atoms with van der Waals surface area (Å²) in [4.78, 5) is 0. The van der Waals surface area contributed by atoms with Crippen molar-refractivity contribution in [2.45, 2.75) is 0 Å². The molecule has 1 heterocycles. The lowest BCUT2D eigenvalue weighted by Crippen LogP contribution is -1.63. The molecule has 0 saturated carbocycles. The van der Waals surface area contributed by atoms with E-state index in [0.29, 0.717) is 0 Å². The van der Waals surface area contributed by atoms with Crippen LogP contribution in [0.2, 0.25) is 0 Å². The summed E-state index contributed by atoms with van der Waals surface area (Å²) in [5, 5.41) is 2.28. The van der Waals surface area contributed by atoms with Gasteiger partial charge in [-0.3, -0.25) is 0 Å². The van der Waals surface area contributed by atoms with E-state index < -0.39 is 0 Å². The third kappa shape index (κ3) is 0.872. The molecule has 60 valence electrons. The minimum atomic E-state index is 0.886. The predicted octanol–water partition coefficient (Wildman–Crippen LogP) is 3.19. The SMILES string of the molecule is [c]1ccc2c(c1)oc1c[c]ccc12. The van der Waals surface area contributed by atoms with Crippen LogP contribution in [0.5, 0.6) is 0 Å². The van der Waals surface area contributed by atoms with Crippen LogP contribution in [-0.4, -0.2) is 0 Å². The van der Waals surface area contributed by atoms with E-state index in [-0.39, 0.29) is 0 Å². The molecule has 1 nitrogen and oxygen atoms in total. The fourth-order valence-corrected chi connectivity index (χ4v) is 1.56. The van der Waals surface area contributed by atoms with Gasteiger partial charge in [-0.05, 0) is 36.4 Å². The molecule has 2 radical (unpaired) electrons. The Balaban J connectivity index is 2.64. The summed E-state index contributed by atoms with van der Waals surface area (Å²) in [6, 6.07) is 17.5. The fourth-order valence-electron chi connectivity index (χ4n) is 1.56. The third-order valence-corrected chi connectivity index (χ3v) is 2.16. The first-order chi connectivity index (χ1) is 6.45. The maximum atomic E-state index is 5.59. The van der Waals surface area contributed by atoms with Gasteiger partial charge < -0.3 is 4.42 Å². The molecule has 0 amide bonds. The molecule has 13 heavy (non-hydrogen) atoms. The summed E-state index contributed by atoms with van der Waals surface area (Å²) in [7, 11) is 0. The van der Waals surface area contributed by atoms with Gasteiger partial charge in [-0.2, -0.15) is 0 Å². The lowest BCUT2D eigenvalue weighted by molar-refractivity contribution is 0.669. The second-order valence-electron chi connectivity index (χ2n) is 2.95. The molecule has 1 heteroatoms. The van der Waals surface area contributed by atoms with Crippen molar-refractivity contribution in [2.24, 2.45) is 0 Å². The Morgan fingerprint density at radius 2 is 1.38 bits per heavy atom. The molecule has 3 rings (SSSR count). The van der Waals surface area contributed by atoms with Crippen LogP contribution in [0.3, 0.4) is 0 Å². The monoisotopic (exact) mass is 166 g/mol. The standard InChI is InChI=1S/C12H6O/c1-3-7-11-9(5-1)10-6-2-4-8-12(10)13-11/h1-2,5-8H. The molecule has 0 atom stereocenters. The van der Waals surface area contributed by atoms with Crippen molar-refractivity contribution in [1.29, 1.82) is 0 Å². The highest BCUT2D eigenvalue weighted by Crippen LogP contribution is 2.27. The molecule has 0 N–H and O–H groups in total. The molecular weight excluding hydrogens is 160 g/mol. The van der Waals surface area contributed by atoms with E-state index in [9.17, 15) is 0 Å². The summed E-state index contributed by atoms with van der Waals surface area (Å²) in [6.07, 6.45) is 0. The first kappa shape index (κ1) is 6.72. The summed E-state index contributed by atoms with van der Waals surface area (Å²) in [6.45, 7) is 0. The average Bonchev–Trinajstić information content (AvgIpc) is 2.56. The number of furan rings is 1. The fraction of sp³-hybridized carbons (Fsp3) is 0. The van der Waals surface area contributed by atoms with Crippen LogP contribution in [0, 0.1) is 12.1 Å². The highest BCUT2D eigenvalue weighted by molar-refractivity contribution is 6.04. The van der Waals surface area contributed by atoms with Crippen LogP contribution in [-0.2, 0) is 0 Å². The van der Waals surface area contributed by atoms with E-state index in [0.717, 1.165) is 21.9 Å². The summed E-state index contributed by atoms with van der Waals surface area (Å²) >= 11 is 0. The van der Waals surface area contributed by atoms with Gasteiger partial charge >= 0.3 is 0 Å². The molecule has 0 bridgehead atoms. The quantitative estimate of drug-likeness (QED) is 0.500. The van der Waals surface area contributed by atoms with Gasteiger partial charge in [-0.1, -0.05) is 12.1 Å². The van der Waals surface area contributed by atoms with Crippen LogP contribution >= 0.6 is 0 Å². The second-order valence-corrected chi connectivity index (χ2v) is 2.95. The molecule has 0 spiro atoms. The Morgan fingerprint density at radius 3 is 1.92 bits per heavy atom. The molecule has 0 saturated heterocycles.